The Morgan fingerprint density at radius 1 is 1.21 bits per heavy atom. The molecule has 1 saturated heterocycles. The third-order valence-corrected chi connectivity index (χ3v) is 5.77. The van der Waals surface area contributed by atoms with Gasteiger partial charge in [0, 0.05) is 16.6 Å². The maximum Gasteiger partial charge on any atom is 0.295 e. The molecule has 0 unspecified atom stereocenters. The lowest BCUT2D eigenvalue weighted by atomic mass is 9.95. The Bertz CT molecular complexity index is 1080. The molecule has 1 heterocycles. The Morgan fingerprint density at radius 2 is 1.94 bits per heavy atom. The number of aliphatic hydroxyl groups excluding tert-OH is 1. The first-order valence-electron chi connectivity index (χ1n) is 10.7. The van der Waals surface area contributed by atoms with Crippen LogP contribution in [0.4, 0.5) is 4.39 Å². The van der Waals surface area contributed by atoms with Gasteiger partial charge in [-0.05, 0) is 76.8 Å². The highest BCUT2D eigenvalue weighted by Gasteiger charge is 2.45. The van der Waals surface area contributed by atoms with E-state index in [1.54, 1.807) is 26.0 Å². The van der Waals surface area contributed by atoms with Gasteiger partial charge in [-0.25, -0.2) is 4.39 Å². The van der Waals surface area contributed by atoms with Crippen LogP contribution in [0.15, 0.2) is 52.5 Å². The van der Waals surface area contributed by atoms with Crippen molar-refractivity contribution in [1.82, 2.24) is 9.80 Å². The molecule has 1 aliphatic heterocycles. The van der Waals surface area contributed by atoms with Gasteiger partial charge in [0.2, 0.25) is 0 Å². The Hall–Kier alpha value is -2.71. The van der Waals surface area contributed by atoms with E-state index in [-0.39, 0.29) is 23.0 Å². The number of hydrogen-bond donors (Lipinski definition) is 1. The van der Waals surface area contributed by atoms with Crippen LogP contribution in [0.1, 0.15) is 37.4 Å². The SMILES string of the molecule is CC(C)Oc1ccc(C(O)=C2C(=O)C(=O)N(CCCN(C)C)[C@@H]2c2cccc(Br)c2)cc1F. The number of ketones is 1. The molecule has 0 spiro atoms. The third kappa shape index (κ3) is 5.62. The van der Waals surface area contributed by atoms with Crippen LogP contribution < -0.4 is 4.74 Å². The second kappa shape index (κ2) is 10.5. The van der Waals surface area contributed by atoms with Gasteiger partial charge >= 0.3 is 0 Å². The minimum atomic E-state index is -0.787. The summed E-state index contributed by atoms with van der Waals surface area (Å²) in [6.07, 6.45) is 0.434. The molecule has 176 valence electrons. The van der Waals surface area contributed by atoms with Crippen LogP contribution in [0.2, 0.25) is 0 Å². The number of hydrogen-bond acceptors (Lipinski definition) is 5. The largest absolute Gasteiger partial charge is 0.507 e. The summed E-state index contributed by atoms with van der Waals surface area (Å²) in [6.45, 7) is 4.63. The van der Waals surface area contributed by atoms with E-state index >= 15 is 0 Å². The lowest BCUT2D eigenvalue weighted by Crippen LogP contribution is -2.32. The van der Waals surface area contributed by atoms with E-state index in [1.807, 2.05) is 31.1 Å². The van der Waals surface area contributed by atoms with E-state index in [2.05, 4.69) is 15.9 Å². The summed E-state index contributed by atoms with van der Waals surface area (Å²) in [5.41, 5.74) is 0.727. The third-order valence-electron chi connectivity index (χ3n) is 5.28. The molecular weight excluding hydrogens is 491 g/mol. The highest BCUT2D eigenvalue weighted by molar-refractivity contribution is 9.10. The van der Waals surface area contributed by atoms with Crippen molar-refractivity contribution < 1.29 is 23.8 Å². The van der Waals surface area contributed by atoms with E-state index in [4.69, 9.17) is 4.74 Å². The van der Waals surface area contributed by atoms with Crippen molar-refractivity contribution in [2.75, 3.05) is 27.2 Å². The first-order chi connectivity index (χ1) is 15.6. The molecule has 1 amide bonds. The standard InChI is InChI=1S/C25H28BrFN2O4/c1-15(2)33-20-10-9-17(14-19(20)27)23(30)21-22(16-7-5-8-18(26)13-16)29(25(32)24(21)31)12-6-11-28(3)4/h5,7-10,13-15,22,30H,6,11-12H2,1-4H3/t22-/m1/s1. The van der Waals surface area contributed by atoms with Gasteiger partial charge in [0.05, 0.1) is 17.7 Å². The molecule has 0 aromatic heterocycles. The molecule has 1 fully saturated rings. The van der Waals surface area contributed by atoms with Crippen molar-refractivity contribution in [3.05, 3.63) is 69.5 Å². The van der Waals surface area contributed by atoms with E-state index < -0.39 is 29.3 Å². The number of ether oxygens (including phenoxy) is 1. The monoisotopic (exact) mass is 518 g/mol. The van der Waals surface area contributed by atoms with Gasteiger partial charge in [0.1, 0.15) is 5.76 Å². The lowest BCUT2D eigenvalue weighted by molar-refractivity contribution is -0.139. The number of nitrogens with zero attached hydrogens (tertiary/aromatic N) is 2. The molecule has 1 N–H and O–H groups in total. The summed E-state index contributed by atoms with van der Waals surface area (Å²) in [5.74, 6) is -2.49. The van der Waals surface area contributed by atoms with Crippen LogP contribution in [-0.2, 0) is 9.59 Å². The molecule has 1 aliphatic rings. The zero-order chi connectivity index (χ0) is 24.3. The first-order valence-corrected chi connectivity index (χ1v) is 11.5. The average molecular weight is 519 g/mol. The van der Waals surface area contributed by atoms with Crippen LogP contribution in [0.3, 0.4) is 0 Å². The van der Waals surface area contributed by atoms with Crippen molar-refractivity contribution in [2.24, 2.45) is 0 Å². The minimum Gasteiger partial charge on any atom is -0.507 e. The molecule has 8 heteroatoms. The molecule has 33 heavy (non-hydrogen) atoms. The molecule has 3 rings (SSSR count). The normalized spacial score (nSPS) is 17.9. The molecule has 0 radical (unpaired) electrons. The zero-order valence-electron chi connectivity index (χ0n) is 19.1. The van der Waals surface area contributed by atoms with Gasteiger partial charge in [-0.3, -0.25) is 9.59 Å². The van der Waals surface area contributed by atoms with Crippen LogP contribution in [0.5, 0.6) is 5.75 Å². The number of likely N-dealkylation sites (tertiary alicyclic amines) is 1. The van der Waals surface area contributed by atoms with Gasteiger partial charge < -0.3 is 19.6 Å². The first kappa shape index (κ1) is 24.9. The summed E-state index contributed by atoms with van der Waals surface area (Å²) >= 11 is 3.43. The Balaban J connectivity index is 2.08. The Morgan fingerprint density at radius 3 is 2.55 bits per heavy atom. The van der Waals surface area contributed by atoms with E-state index in [9.17, 15) is 19.1 Å². The van der Waals surface area contributed by atoms with Crippen LogP contribution in [-0.4, -0.2) is 59.9 Å². The summed E-state index contributed by atoms with van der Waals surface area (Å²) in [6, 6.07) is 10.5. The molecule has 0 saturated carbocycles. The topological polar surface area (TPSA) is 70.1 Å². The molecule has 0 bridgehead atoms. The number of amides is 1. The fraction of sp³-hybridized carbons (Fsp3) is 0.360. The minimum absolute atomic E-state index is 0.0502. The number of aliphatic hydroxyl groups is 1. The molecule has 2 aromatic carbocycles. The smallest absolute Gasteiger partial charge is 0.295 e. The van der Waals surface area contributed by atoms with E-state index in [1.165, 1.54) is 17.0 Å². The van der Waals surface area contributed by atoms with E-state index in [0.29, 0.717) is 18.5 Å². The highest BCUT2D eigenvalue weighted by Crippen LogP contribution is 2.40. The van der Waals surface area contributed by atoms with Crippen molar-refractivity contribution in [3.8, 4) is 5.75 Å². The van der Waals surface area contributed by atoms with Crippen molar-refractivity contribution in [3.63, 3.8) is 0 Å². The van der Waals surface area contributed by atoms with Crippen LogP contribution in [0.25, 0.3) is 5.76 Å². The van der Waals surface area contributed by atoms with Gasteiger partial charge in [-0.1, -0.05) is 28.1 Å². The zero-order valence-corrected chi connectivity index (χ0v) is 20.7. The van der Waals surface area contributed by atoms with Gasteiger partial charge in [-0.15, -0.1) is 0 Å². The number of Topliss-reactive ketones (excluding diaryl/α,β-unsaturated/α-hetero) is 1. The number of carbonyl (C=O) groups is 2. The van der Waals surface area contributed by atoms with E-state index in [0.717, 1.165) is 17.1 Å². The lowest BCUT2D eigenvalue weighted by Gasteiger charge is -2.26. The summed E-state index contributed by atoms with van der Waals surface area (Å²) in [5, 5.41) is 11.1. The van der Waals surface area contributed by atoms with Gasteiger partial charge in [0.25, 0.3) is 11.7 Å². The number of carbonyl (C=O) groups excluding carboxylic acids is 2. The maximum atomic E-state index is 14.6. The highest BCUT2D eigenvalue weighted by atomic mass is 79.9. The summed E-state index contributed by atoms with van der Waals surface area (Å²) < 4.78 is 20.8. The number of halogens is 2. The maximum absolute atomic E-state index is 14.6. The number of rotatable bonds is 8. The quantitative estimate of drug-likeness (QED) is 0.310. The fourth-order valence-corrected chi connectivity index (χ4v) is 4.26. The van der Waals surface area contributed by atoms with Crippen LogP contribution in [0, 0.1) is 5.82 Å². The molecule has 1 atom stereocenters. The summed E-state index contributed by atoms with van der Waals surface area (Å²) in [7, 11) is 3.86. The molecule has 0 aliphatic carbocycles. The average Bonchev–Trinajstić information content (AvgIpc) is 2.99. The van der Waals surface area contributed by atoms with Gasteiger partial charge in [0.15, 0.2) is 11.6 Å². The predicted molar refractivity (Wildman–Crippen MR) is 128 cm³/mol. The second-order valence-electron chi connectivity index (χ2n) is 8.52. The van der Waals surface area contributed by atoms with Crippen LogP contribution >= 0.6 is 15.9 Å². The predicted octanol–water partition coefficient (Wildman–Crippen LogP) is 4.75. The Kier molecular flexibility index (Phi) is 7.92. The second-order valence-corrected chi connectivity index (χ2v) is 9.43. The van der Waals surface area contributed by atoms with Gasteiger partial charge in [-0.2, -0.15) is 0 Å². The summed E-state index contributed by atoms with van der Waals surface area (Å²) in [4.78, 5) is 29.5. The fourth-order valence-electron chi connectivity index (χ4n) is 3.84. The molecular formula is C25H28BrFN2O4. The van der Waals surface area contributed by atoms with Crippen molar-refractivity contribution >= 4 is 33.4 Å². The molecule has 6 nitrogen and oxygen atoms in total. The Labute approximate surface area is 201 Å². The van der Waals surface area contributed by atoms with Crippen molar-refractivity contribution in [1.29, 1.82) is 0 Å². The van der Waals surface area contributed by atoms with Crippen molar-refractivity contribution in [2.45, 2.75) is 32.4 Å². The molecule has 2 aromatic rings. The number of benzene rings is 2.